The van der Waals surface area contributed by atoms with E-state index in [1.54, 1.807) is 6.92 Å². The van der Waals surface area contributed by atoms with Gasteiger partial charge in [0.1, 0.15) is 0 Å². The fourth-order valence-electron chi connectivity index (χ4n) is 0. The molecule has 1 nitrogen and oxygen atoms in total. The first-order valence-electron chi connectivity index (χ1n) is 1.02. The third-order valence-electron chi connectivity index (χ3n) is 0. The molecule has 4 heavy (non-hydrogen) atoms. The van der Waals surface area contributed by atoms with Gasteiger partial charge in [-0.1, -0.05) is 0 Å². The van der Waals surface area contributed by atoms with Crippen molar-refractivity contribution in [2.75, 3.05) is 6.61 Å². The van der Waals surface area contributed by atoms with Crippen LogP contribution < -0.4 is 0 Å². The molecule has 0 saturated heterocycles. The maximum Gasteiger partial charge on any atom is 0.0402 e. The van der Waals surface area contributed by atoms with Gasteiger partial charge in [0.15, 0.2) is 0 Å². The van der Waals surface area contributed by atoms with E-state index < -0.39 is 0 Å². The number of hydrogen-bond acceptors (Lipinski definition) is 1. The van der Waals surface area contributed by atoms with Crippen LogP contribution in [-0.2, 0) is 20.1 Å². The standard InChI is InChI=1S/C2H6O.Ir/c1-2-3;/h3H,2H2,1H3;. The van der Waals surface area contributed by atoms with Crippen LogP contribution in [-0.4, -0.2) is 11.7 Å². The largest absolute Gasteiger partial charge is 0.397 e. The van der Waals surface area contributed by atoms with Gasteiger partial charge in [-0.2, -0.15) is 0 Å². The molecule has 1 N–H and O–H groups in total. The van der Waals surface area contributed by atoms with Gasteiger partial charge in [0.25, 0.3) is 0 Å². The summed E-state index contributed by atoms with van der Waals surface area (Å²) in [6.45, 7) is 1.93. The first-order chi connectivity index (χ1) is 1.41. The molecule has 0 fully saturated rings. The molecule has 0 heterocycles. The van der Waals surface area contributed by atoms with Gasteiger partial charge in [-0.25, -0.2) is 0 Å². The summed E-state index contributed by atoms with van der Waals surface area (Å²) in [6, 6.07) is 0. The van der Waals surface area contributed by atoms with Crippen LogP contribution in [0.2, 0.25) is 0 Å². The van der Waals surface area contributed by atoms with Crippen LogP contribution in [0.25, 0.3) is 0 Å². The SMILES string of the molecule is CCO.[Ir]. The average Bonchev–Trinajstić information content (AvgIpc) is 0.918. The van der Waals surface area contributed by atoms with Crippen LogP contribution in [0.1, 0.15) is 6.92 Å². The molecular formula is C2H6IrO. The molecule has 0 saturated carbocycles. The Morgan fingerprint density at radius 3 is 1.75 bits per heavy atom. The predicted octanol–water partition coefficient (Wildman–Crippen LogP) is -0.00390. The van der Waals surface area contributed by atoms with Gasteiger partial charge in [-0.15, -0.1) is 0 Å². The third-order valence-corrected chi connectivity index (χ3v) is 0. The Hall–Kier alpha value is 0.609. The van der Waals surface area contributed by atoms with E-state index in [2.05, 4.69) is 0 Å². The van der Waals surface area contributed by atoms with Gasteiger partial charge >= 0.3 is 0 Å². The normalized spacial score (nSPS) is 4.50. The summed E-state index contributed by atoms with van der Waals surface area (Å²) >= 11 is 0. The first-order valence-corrected chi connectivity index (χ1v) is 1.02. The molecule has 0 rings (SSSR count). The number of aliphatic hydroxyl groups excluding tert-OH is 1. The van der Waals surface area contributed by atoms with E-state index in [0.717, 1.165) is 0 Å². The zero-order valence-electron chi connectivity index (χ0n) is 2.49. The topological polar surface area (TPSA) is 20.2 Å². The van der Waals surface area contributed by atoms with Crippen LogP contribution in [0.15, 0.2) is 0 Å². The molecule has 0 spiro atoms. The summed E-state index contributed by atoms with van der Waals surface area (Å²) in [5.41, 5.74) is 0. The smallest absolute Gasteiger partial charge is 0.0402 e. The summed E-state index contributed by atoms with van der Waals surface area (Å²) in [7, 11) is 0. The second-order valence-corrected chi connectivity index (χ2v) is 0.316. The Bertz CT molecular complexity index is 6.00. The second kappa shape index (κ2) is 9.49. The molecule has 0 aliphatic rings. The fourth-order valence-corrected chi connectivity index (χ4v) is 0. The third kappa shape index (κ3) is 18.2. The van der Waals surface area contributed by atoms with Crippen molar-refractivity contribution in [3.05, 3.63) is 0 Å². The first kappa shape index (κ1) is 8.82. The molecule has 0 unspecified atom stereocenters. The van der Waals surface area contributed by atoms with Gasteiger partial charge in [0, 0.05) is 26.7 Å². The van der Waals surface area contributed by atoms with Gasteiger partial charge in [-0.3, -0.25) is 0 Å². The fraction of sp³-hybridized carbons (Fsp3) is 1.00. The van der Waals surface area contributed by atoms with Gasteiger partial charge in [0.05, 0.1) is 0 Å². The Balaban J connectivity index is 0. The van der Waals surface area contributed by atoms with Crippen molar-refractivity contribution in [3.8, 4) is 0 Å². The zero-order chi connectivity index (χ0) is 2.71. The van der Waals surface area contributed by atoms with E-state index in [-0.39, 0.29) is 26.7 Å². The minimum absolute atomic E-state index is 0. The Labute approximate surface area is 39.4 Å². The van der Waals surface area contributed by atoms with E-state index in [0.29, 0.717) is 0 Å². The summed E-state index contributed by atoms with van der Waals surface area (Å²) in [6.07, 6.45) is 0. The number of aliphatic hydroxyl groups is 1. The monoisotopic (exact) mass is 239 g/mol. The molecule has 2 heteroatoms. The van der Waals surface area contributed by atoms with Crippen LogP contribution in [0.5, 0.6) is 0 Å². The maximum absolute atomic E-state index is 7.57. The van der Waals surface area contributed by atoms with Gasteiger partial charge < -0.3 is 5.11 Å². The molecule has 0 aliphatic heterocycles. The predicted molar refractivity (Wildman–Crippen MR) is 12.8 cm³/mol. The molecule has 29 valence electrons. The summed E-state index contributed by atoms with van der Waals surface area (Å²) in [5, 5.41) is 7.57. The molecular weight excluding hydrogens is 232 g/mol. The van der Waals surface area contributed by atoms with E-state index in [9.17, 15) is 0 Å². The molecule has 0 atom stereocenters. The summed E-state index contributed by atoms with van der Waals surface area (Å²) in [4.78, 5) is 0. The molecule has 0 aromatic heterocycles. The van der Waals surface area contributed by atoms with E-state index >= 15 is 0 Å². The molecule has 0 bridgehead atoms. The van der Waals surface area contributed by atoms with Crippen LogP contribution in [0.3, 0.4) is 0 Å². The van der Waals surface area contributed by atoms with Crippen LogP contribution in [0.4, 0.5) is 0 Å². The summed E-state index contributed by atoms with van der Waals surface area (Å²) in [5.74, 6) is 0. The van der Waals surface area contributed by atoms with Crippen molar-refractivity contribution in [1.82, 2.24) is 0 Å². The van der Waals surface area contributed by atoms with Crippen molar-refractivity contribution >= 4 is 0 Å². The molecule has 0 aliphatic carbocycles. The van der Waals surface area contributed by atoms with E-state index in [4.69, 9.17) is 5.11 Å². The molecule has 1 radical (unpaired) electrons. The van der Waals surface area contributed by atoms with Crippen LogP contribution >= 0.6 is 0 Å². The molecule has 0 aromatic carbocycles. The second-order valence-electron chi connectivity index (χ2n) is 0.316. The Kier molecular flexibility index (Phi) is 20.9. The summed E-state index contributed by atoms with van der Waals surface area (Å²) < 4.78 is 0. The zero-order valence-corrected chi connectivity index (χ0v) is 4.88. The Morgan fingerprint density at radius 1 is 1.75 bits per heavy atom. The van der Waals surface area contributed by atoms with Crippen molar-refractivity contribution in [3.63, 3.8) is 0 Å². The van der Waals surface area contributed by atoms with E-state index in [1.165, 1.54) is 0 Å². The number of hydrogen-bond donors (Lipinski definition) is 1. The van der Waals surface area contributed by atoms with E-state index in [1.807, 2.05) is 0 Å². The Morgan fingerprint density at radius 2 is 1.75 bits per heavy atom. The minimum Gasteiger partial charge on any atom is -0.397 e. The minimum atomic E-state index is 0. The van der Waals surface area contributed by atoms with Crippen LogP contribution in [0, 0.1) is 0 Å². The maximum atomic E-state index is 7.57. The van der Waals surface area contributed by atoms with Gasteiger partial charge in [0.2, 0.25) is 0 Å². The van der Waals surface area contributed by atoms with Crippen molar-refractivity contribution in [2.45, 2.75) is 6.92 Å². The van der Waals surface area contributed by atoms with Gasteiger partial charge in [-0.05, 0) is 6.92 Å². The number of rotatable bonds is 0. The quantitative estimate of drug-likeness (QED) is 0.629. The molecule has 0 aromatic rings. The van der Waals surface area contributed by atoms with Crippen molar-refractivity contribution in [2.24, 2.45) is 0 Å². The van der Waals surface area contributed by atoms with Crippen molar-refractivity contribution < 1.29 is 25.2 Å². The average molecular weight is 238 g/mol. The van der Waals surface area contributed by atoms with Crippen molar-refractivity contribution in [1.29, 1.82) is 0 Å². The molecule has 0 amide bonds.